The standard InChI is InChI=1S/C9H8BrNO2S/c10-8-2-1-7(14-8)9-11-6(3-4-12)5-13-9/h1-2,5,12H,3-4H2. The fourth-order valence-corrected chi connectivity index (χ4v) is 2.40. The molecule has 1 N–H and O–H groups in total. The van der Waals surface area contributed by atoms with E-state index in [0.717, 1.165) is 14.4 Å². The number of oxazole rings is 1. The lowest BCUT2D eigenvalue weighted by molar-refractivity contribution is 0.298. The monoisotopic (exact) mass is 273 g/mol. The van der Waals surface area contributed by atoms with Gasteiger partial charge < -0.3 is 9.52 Å². The van der Waals surface area contributed by atoms with Crippen LogP contribution in [0.3, 0.4) is 0 Å². The van der Waals surface area contributed by atoms with Gasteiger partial charge in [0, 0.05) is 13.0 Å². The molecule has 0 radical (unpaired) electrons. The number of aliphatic hydroxyl groups excluding tert-OH is 1. The summed E-state index contributed by atoms with van der Waals surface area (Å²) in [4.78, 5) is 5.23. The largest absolute Gasteiger partial charge is 0.444 e. The summed E-state index contributed by atoms with van der Waals surface area (Å²) >= 11 is 4.95. The first-order chi connectivity index (χ1) is 6.79. The zero-order valence-electron chi connectivity index (χ0n) is 7.24. The van der Waals surface area contributed by atoms with Crippen molar-refractivity contribution in [2.24, 2.45) is 0 Å². The van der Waals surface area contributed by atoms with Crippen molar-refractivity contribution in [2.45, 2.75) is 6.42 Å². The number of hydrogen-bond acceptors (Lipinski definition) is 4. The predicted octanol–water partition coefficient (Wildman–Crippen LogP) is 2.70. The minimum absolute atomic E-state index is 0.0973. The molecular weight excluding hydrogens is 266 g/mol. The molecule has 0 aliphatic carbocycles. The molecule has 2 heterocycles. The second-order valence-corrected chi connectivity index (χ2v) is 5.18. The molecule has 0 amide bonds. The molecular formula is C9H8BrNO2S. The SMILES string of the molecule is OCCc1coc(-c2ccc(Br)s2)n1. The third kappa shape index (κ3) is 2.05. The summed E-state index contributed by atoms with van der Waals surface area (Å²) in [5, 5.41) is 8.72. The van der Waals surface area contributed by atoms with E-state index in [1.54, 1.807) is 17.6 Å². The molecule has 74 valence electrons. The Bertz CT molecular complexity index is 424. The number of thiophene rings is 1. The van der Waals surface area contributed by atoms with E-state index in [2.05, 4.69) is 20.9 Å². The molecule has 0 atom stereocenters. The maximum absolute atomic E-state index is 8.72. The average molecular weight is 274 g/mol. The molecule has 0 unspecified atom stereocenters. The molecule has 2 aromatic rings. The zero-order chi connectivity index (χ0) is 9.97. The maximum atomic E-state index is 8.72. The Labute approximate surface area is 93.5 Å². The van der Waals surface area contributed by atoms with Crippen LogP contribution in [0, 0.1) is 0 Å². The van der Waals surface area contributed by atoms with E-state index in [9.17, 15) is 0 Å². The van der Waals surface area contributed by atoms with E-state index < -0.39 is 0 Å². The fraction of sp³-hybridized carbons (Fsp3) is 0.222. The normalized spacial score (nSPS) is 10.7. The van der Waals surface area contributed by atoms with Crippen LogP contribution in [0.1, 0.15) is 5.69 Å². The lowest BCUT2D eigenvalue weighted by Gasteiger charge is -1.86. The van der Waals surface area contributed by atoms with Gasteiger partial charge in [0.05, 0.1) is 14.4 Å². The molecule has 0 saturated carbocycles. The summed E-state index contributed by atoms with van der Waals surface area (Å²) in [5.74, 6) is 0.615. The van der Waals surface area contributed by atoms with E-state index in [0.29, 0.717) is 12.3 Å². The number of rotatable bonds is 3. The highest BCUT2D eigenvalue weighted by atomic mass is 79.9. The highest BCUT2D eigenvalue weighted by Gasteiger charge is 2.08. The topological polar surface area (TPSA) is 46.3 Å². The van der Waals surface area contributed by atoms with Gasteiger partial charge in [-0.05, 0) is 28.1 Å². The summed E-state index contributed by atoms with van der Waals surface area (Å²) in [6, 6.07) is 3.90. The Kier molecular flexibility index (Phi) is 3.00. The van der Waals surface area contributed by atoms with E-state index in [-0.39, 0.29) is 6.61 Å². The molecule has 0 saturated heterocycles. The number of halogens is 1. The summed E-state index contributed by atoms with van der Waals surface area (Å²) in [7, 11) is 0. The summed E-state index contributed by atoms with van der Waals surface area (Å²) in [6.07, 6.45) is 2.12. The Morgan fingerprint density at radius 3 is 3.00 bits per heavy atom. The molecule has 5 heteroatoms. The maximum Gasteiger partial charge on any atom is 0.236 e. The number of hydrogen-bond donors (Lipinski definition) is 1. The first-order valence-electron chi connectivity index (χ1n) is 4.10. The van der Waals surface area contributed by atoms with Crippen LogP contribution in [-0.2, 0) is 6.42 Å². The van der Waals surface area contributed by atoms with Crippen LogP contribution in [0.5, 0.6) is 0 Å². The molecule has 0 aliphatic heterocycles. The minimum Gasteiger partial charge on any atom is -0.444 e. The molecule has 3 nitrogen and oxygen atoms in total. The summed E-state index contributed by atoms with van der Waals surface area (Å²) in [6.45, 7) is 0.0973. The van der Waals surface area contributed by atoms with E-state index >= 15 is 0 Å². The quantitative estimate of drug-likeness (QED) is 0.936. The van der Waals surface area contributed by atoms with Crippen molar-refractivity contribution in [3.05, 3.63) is 27.9 Å². The molecule has 0 spiro atoms. The van der Waals surface area contributed by atoms with Gasteiger partial charge >= 0.3 is 0 Å². The molecule has 0 aromatic carbocycles. The zero-order valence-corrected chi connectivity index (χ0v) is 9.64. The smallest absolute Gasteiger partial charge is 0.236 e. The first kappa shape index (κ1) is 9.89. The summed E-state index contributed by atoms with van der Waals surface area (Å²) < 4.78 is 6.33. The third-order valence-electron chi connectivity index (χ3n) is 1.70. The summed E-state index contributed by atoms with van der Waals surface area (Å²) in [5.41, 5.74) is 0.784. The van der Waals surface area contributed by atoms with Crippen LogP contribution in [0.2, 0.25) is 0 Å². The number of nitrogens with zero attached hydrogens (tertiary/aromatic N) is 1. The first-order valence-corrected chi connectivity index (χ1v) is 5.71. The van der Waals surface area contributed by atoms with Crippen molar-refractivity contribution in [1.29, 1.82) is 0 Å². The molecule has 0 bridgehead atoms. The van der Waals surface area contributed by atoms with Crippen LogP contribution in [-0.4, -0.2) is 16.7 Å². The molecule has 2 aromatic heterocycles. The Hall–Kier alpha value is -0.650. The second kappa shape index (κ2) is 4.25. The van der Waals surface area contributed by atoms with E-state index in [1.807, 2.05) is 12.1 Å². The molecule has 0 aliphatic rings. The van der Waals surface area contributed by atoms with Crippen LogP contribution in [0.15, 0.2) is 26.6 Å². The number of aliphatic hydroxyl groups is 1. The molecule has 14 heavy (non-hydrogen) atoms. The third-order valence-corrected chi connectivity index (χ3v) is 3.32. The lowest BCUT2D eigenvalue weighted by Crippen LogP contribution is -1.89. The molecule has 0 fully saturated rings. The van der Waals surface area contributed by atoms with Crippen LogP contribution >= 0.6 is 27.3 Å². The van der Waals surface area contributed by atoms with Gasteiger partial charge in [-0.3, -0.25) is 0 Å². The molecule has 2 rings (SSSR count). The lowest BCUT2D eigenvalue weighted by atomic mass is 10.4. The van der Waals surface area contributed by atoms with E-state index in [1.165, 1.54) is 0 Å². The van der Waals surface area contributed by atoms with Gasteiger partial charge in [0.15, 0.2) is 0 Å². The van der Waals surface area contributed by atoms with Crippen LogP contribution in [0.25, 0.3) is 10.8 Å². The fourth-order valence-electron chi connectivity index (χ4n) is 1.08. The predicted molar refractivity (Wildman–Crippen MR) is 58.3 cm³/mol. The Morgan fingerprint density at radius 1 is 1.50 bits per heavy atom. The van der Waals surface area contributed by atoms with Crippen molar-refractivity contribution in [3.63, 3.8) is 0 Å². The van der Waals surface area contributed by atoms with Gasteiger partial charge in [0.1, 0.15) is 6.26 Å². The van der Waals surface area contributed by atoms with Crippen molar-refractivity contribution in [2.75, 3.05) is 6.61 Å². The van der Waals surface area contributed by atoms with Gasteiger partial charge in [-0.15, -0.1) is 11.3 Å². The Morgan fingerprint density at radius 2 is 2.36 bits per heavy atom. The van der Waals surface area contributed by atoms with Gasteiger partial charge in [0.2, 0.25) is 5.89 Å². The second-order valence-electron chi connectivity index (χ2n) is 2.72. The minimum atomic E-state index is 0.0973. The highest BCUT2D eigenvalue weighted by molar-refractivity contribution is 9.11. The average Bonchev–Trinajstić information content (AvgIpc) is 2.74. The van der Waals surface area contributed by atoms with Crippen LogP contribution < -0.4 is 0 Å². The van der Waals surface area contributed by atoms with Crippen LogP contribution in [0.4, 0.5) is 0 Å². The van der Waals surface area contributed by atoms with Crippen molar-refractivity contribution < 1.29 is 9.52 Å². The van der Waals surface area contributed by atoms with Gasteiger partial charge in [-0.1, -0.05) is 0 Å². The van der Waals surface area contributed by atoms with Crippen molar-refractivity contribution in [3.8, 4) is 10.8 Å². The van der Waals surface area contributed by atoms with Gasteiger partial charge in [-0.2, -0.15) is 0 Å². The van der Waals surface area contributed by atoms with Crippen molar-refractivity contribution in [1.82, 2.24) is 4.98 Å². The van der Waals surface area contributed by atoms with Gasteiger partial charge in [-0.25, -0.2) is 4.98 Å². The Balaban J connectivity index is 2.24. The van der Waals surface area contributed by atoms with Crippen molar-refractivity contribution >= 4 is 27.3 Å². The van der Waals surface area contributed by atoms with Gasteiger partial charge in [0.25, 0.3) is 0 Å². The highest BCUT2D eigenvalue weighted by Crippen LogP contribution is 2.30. The number of aromatic nitrogens is 1. The van der Waals surface area contributed by atoms with E-state index in [4.69, 9.17) is 9.52 Å².